The monoisotopic (exact) mass is 239 g/mol. The Balaban J connectivity index is 1.82. The van der Waals surface area contributed by atoms with Gasteiger partial charge in [0.05, 0.1) is 5.92 Å². The molecule has 0 aromatic heterocycles. The van der Waals surface area contributed by atoms with Crippen LogP contribution in [0.5, 0.6) is 0 Å². The van der Waals surface area contributed by atoms with Gasteiger partial charge in [-0.1, -0.05) is 0 Å². The Kier molecular flexibility index (Phi) is 3.99. The van der Waals surface area contributed by atoms with Gasteiger partial charge in [0, 0.05) is 26.1 Å². The van der Waals surface area contributed by atoms with Crippen molar-refractivity contribution in [3.63, 3.8) is 0 Å². The molecule has 2 amide bonds. The molecule has 2 N–H and O–H groups in total. The Morgan fingerprint density at radius 2 is 2.35 bits per heavy atom. The van der Waals surface area contributed by atoms with Crippen LogP contribution in [-0.4, -0.2) is 49.9 Å². The van der Waals surface area contributed by atoms with Gasteiger partial charge < -0.3 is 15.5 Å². The number of nitrogens with zero attached hydrogens (tertiary/aromatic N) is 1. The van der Waals surface area contributed by atoms with Gasteiger partial charge >= 0.3 is 0 Å². The maximum atomic E-state index is 12.2. The number of nitrogens with one attached hydrogen (secondary N) is 2. The summed E-state index contributed by atoms with van der Waals surface area (Å²) in [5.41, 5.74) is 0. The van der Waals surface area contributed by atoms with Crippen molar-refractivity contribution in [3.8, 4) is 0 Å². The van der Waals surface area contributed by atoms with Gasteiger partial charge in [-0.3, -0.25) is 9.59 Å². The summed E-state index contributed by atoms with van der Waals surface area (Å²) >= 11 is 0. The van der Waals surface area contributed by atoms with Crippen molar-refractivity contribution in [1.29, 1.82) is 0 Å². The molecule has 2 fully saturated rings. The minimum atomic E-state index is 0.000959. The molecule has 0 spiro atoms. The lowest BCUT2D eigenvalue weighted by atomic mass is 9.98. The molecule has 5 nitrogen and oxygen atoms in total. The second kappa shape index (κ2) is 5.49. The molecule has 0 aliphatic carbocycles. The zero-order valence-corrected chi connectivity index (χ0v) is 10.4. The lowest BCUT2D eigenvalue weighted by Crippen LogP contribution is -2.44. The number of hydrogen-bond acceptors (Lipinski definition) is 3. The zero-order chi connectivity index (χ0) is 12.3. The molecule has 2 unspecified atom stereocenters. The summed E-state index contributed by atoms with van der Waals surface area (Å²) in [5.74, 6) is 0.885. The van der Waals surface area contributed by atoms with Crippen LogP contribution in [0.4, 0.5) is 0 Å². The predicted octanol–water partition coefficient (Wildman–Crippen LogP) is -0.419. The summed E-state index contributed by atoms with van der Waals surface area (Å²) in [6.07, 6.45) is 2.29. The minimum Gasteiger partial charge on any atom is -0.355 e. The van der Waals surface area contributed by atoms with Gasteiger partial charge in [-0.05, 0) is 32.4 Å². The first-order valence-corrected chi connectivity index (χ1v) is 6.40. The molecule has 17 heavy (non-hydrogen) atoms. The Labute approximate surface area is 102 Å². The molecule has 96 valence electrons. The fraction of sp³-hybridized carbons (Fsp3) is 0.833. The lowest BCUT2D eigenvalue weighted by molar-refractivity contribution is -0.136. The van der Waals surface area contributed by atoms with Crippen LogP contribution in [0.2, 0.25) is 0 Å². The molecule has 2 saturated heterocycles. The molecule has 2 atom stereocenters. The van der Waals surface area contributed by atoms with E-state index < -0.39 is 0 Å². The second-order valence-electron chi connectivity index (χ2n) is 5.04. The summed E-state index contributed by atoms with van der Waals surface area (Å²) in [7, 11) is 1.95. The van der Waals surface area contributed by atoms with Crippen LogP contribution in [0.15, 0.2) is 0 Å². The molecule has 2 rings (SSSR count). The first-order valence-electron chi connectivity index (χ1n) is 6.40. The van der Waals surface area contributed by atoms with Gasteiger partial charge in [-0.15, -0.1) is 0 Å². The van der Waals surface area contributed by atoms with Gasteiger partial charge in [0.2, 0.25) is 11.8 Å². The van der Waals surface area contributed by atoms with Crippen LogP contribution in [0.1, 0.15) is 19.3 Å². The van der Waals surface area contributed by atoms with E-state index in [1.54, 1.807) is 0 Å². The number of likely N-dealkylation sites (tertiary alicyclic amines) is 1. The average molecular weight is 239 g/mol. The number of rotatable bonds is 3. The number of piperidine rings is 1. The van der Waals surface area contributed by atoms with Gasteiger partial charge in [0.25, 0.3) is 0 Å². The maximum Gasteiger partial charge on any atom is 0.227 e. The van der Waals surface area contributed by atoms with Crippen LogP contribution in [0, 0.1) is 11.8 Å². The standard InChI is InChI=1S/C12H21N3O2/c1-13-6-9-4-5-15(8-9)12(17)10-2-3-11(16)14-7-10/h9-10,13H,2-8H2,1H3,(H,14,16). The van der Waals surface area contributed by atoms with E-state index in [2.05, 4.69) is 10.6 Å². The number of carbonyl (C=O) groups excluding carboxylic acids is 2. The first-order chi connectivity index (χ1) is 8.20. The van der Waals surface area contributed by atoms with Crippen LogP contribution in [-0.2, 0) is 9.59 Å². The highest BCUT2D eigenvalue weighted by molar-refractivity contribution is 5.83. The lowest BCUT2D eigenvalue weighted by Gasteiger charge is -2.26. The predicted molar refractivity (Wildman–Crippen MR) is 64.3 cm³/mol. The molecule has 0 aromatic carbocycles. The smallest absolute Gasteiger partial charge is 0.227 e. The summed E-state index contributed by atoms with van der Waals surface area (Å²) in [6.45, 7) is 3.23. The van der Waals surface area contributed by atoms with Crippen LogP contribution < -0.4 is 10.6 Å². The van der Waals surface area contributed by atoms with Crippen molar-refractivity contribution in [2.45, 2.75) is 19.3 Å². The molecular formula is C12H21N3O2. The minimum absolute atomic E-state index is 0.000959. The van der Waals surface area contributed by atoms with Crippen molar-refractivity contribution < 1.29 is 9.59 Å². The van der Waals surface area contributed by atoms with Gasteiger partial charge in [0.15, 0.2) is 0 Å². The summed E-state index contributed by atoms with van der Waals surface area (Å²) in [5, 5.41) is 5.93. The van der Waals surface area contributed by atoms with Crippen molar-refractivity contribution in [1.82, 2.24) is 15.5 Å². The van der Waals surface area contributed by atoms with Crippen molar-refractivity contribution >= 4 is 11.8 Å². The zero-order valence-electron chi connectivity index (χ0n) is 10.4. The Bertz CT molecular complexity index is 296. The Morgan fingerprint density at radius 3 is 3.00 bits per heavy atom. The first kappa shape index (κ1) is 12.4. The highest BCUT2D eigenvalue weighted by Crippen LogP contribution is 2.20. The van der Waals surface area contributed by atoms with Crippen LogP contribution in [0.25, 0.3) is 0 Å². The quantitative estimate of drug-likeness (QED) is 0.703. The SMILES string of the molecule is CNCC1CCN(C(=O)C2CCC(=O)NC2)C1. The topological polar surface area (TPSA) is 61.4 Å². The highest BCUT2D eigenvalue weighted by Gasteiger charge is 2.32. The Hall–Kier alpha value is -1.10. The molecule has 2 aliphatic rings. The van der Waals surface area contributed by atoms with E-state index in [9.17, 15) is 9.59 Å². The largest absolute Gasteiger partial charge is 0.355 e. The molecule has 2 heterocycles. The molecule has 2 aliphatic heterocycles. The van der Waals surface area contributed by atoms with Crippen LogP contribution >= 0.6 is 0 Å². The highest BCUT2D eigenvalue weighted by atomic mass is 16.2. The average Bonchev–Trinajstić information content (AvgIpc) is 2.78. The van der Waals surface area contributed by atoms with E-state index >= 15 is 0 Å². The fourth-order valence-corrected chi connectivity index (χ4v) is 2.69. The molecule has 0 bridgehead atoms. The molecular weight excluding hydrogens is 218 g/mol. The van der Waals surface area contributed by atoms with Gasteiger partial charge in [-0.2, -0.15) is 0 Å². The van der Waals surface area contributed by atoms with Crippen molar-refractivity contribution in [2.24, 2.45) is 11.8 Å². The summed E-state index contributed by atoms with van der Waals surface area (Å²) < 4.78 is 0. The fourth-order valence-electron chi connectivity index (χ4n) is 2.69. The second-order valence-corrected chi connectivity index (χ2v) is 5.04. The number of carbonyl (C=O) groups is 2. The molecule has 0 saturated carbocycles. The van der Waals surface area contributed by atoms with Gasteiger partial charge in [0.1, 0.15) is 0 Å². The van der Waals surface area contributed by atoms with Crippen molar-refractivity contribution in [3.05, 3.63) is 0 Å². The number of hydrogen-bond donors (Lipinski definition) is 2. The van der Waals surface area contributed by atoms with Crippen LogP contribution in [0.3, 0.4) is 0 Å². The third kappa shape index (κ3) is 2.97. The summed E-state index contributed by atoms with van der Waals surface area (Å²) in [4.78, 5) is 25.2. The van der Waals surface area contributed by atoms with E-state index in [1.165, 1.54) is 0 Å². The van der Waals surface area contributed by atoms with E-state index in [4.69, 9.17) is 0 Å². The van der Waals surface area contributed by atoms with E-state index in [0.29, 0.717) is 25.3 Å². The van der Waals surface area contributed by atoms with Crippen molar-refractivity contribution in [2.75, 3.05) is 33.2 Å². The molecule has 0 radical (unpaired) electrons. The van der Waals surface area contributed by atoms with E-state index in [0.717, 1.165) is 26.1 Å². The van der Waals surface area contributed by atoms with E-state index in [1.807, 2.05) is 11.9 Å². The number of amides is 2. The normalized spacial score (nSPS) is 29.2. The van der Waals surface area contributed by atoms with E-state index in [-0.39, 0.29) is 17.7 Å². The van der Waals surface area contributed by atoms with Gasteiger partial charge in [-0.25, -0.2) is 0 Å². The molecule has 5 heteroatoms. The summed E-state index contributed by atoms with van der Waals surface area (Å²) in [6, 6.07) is 0. The maximum absolute atomic E-state index is 12.2. The molecule has 0 aromatic rings. The third-order valence-corrected chi connectivity index (χ3v) is 3.71. The third-order valence-electron chi connectivity index (χ3n) is 3.71. The Morgan fingerprint density at radius 1 is 1.53 bits per heavy atom.